The highest BCUT2D eigenvalue weighted by Gasteiger charge is 2.34. The van der Waals surface area contributed by atoms with Gasteiger partial charge in [0, 0.05) is 5.54 Å². The first-order chi connectivity index (χ1) is 11.2. The molecule has 0 aromatic heterocycles. The van der Waals surface area contributed by atoms with Gasteiger partial charge in [-0.05, 0) is 51.7 Å². The second kappa shape index (κ2) is 7.32. The van der Waals surface area contributed by atoms with E-state index >= 15 is 0 Å². The molecule has 1 amide bonds. The van der Waals surface area contributed by atoms with Crippen LogP contribution in [-0.2, 0) is 0 Å². The Hall–Kier alpha value is -1.91. The lowest BCUT2D eigenvalue weighted by molar-refractivity contribution is 0.0840. The van der Waals surface area contributed by atoms with Crippen molar-refractivity contribution in [2.75, 3.05) is 14.1 Å². The van der Waals surface area contributed by atoms with Gasteiger partial charge in [0.15, 0.2) is 0 Å². The lowest BCUT2D eigenvalue weighted by atomic mass is 9.87. The molecule has 0 fully saturated rings. The van der Waals surface area contributed by atoms with Gasteiger partial charge in [0.1, 0.15) is 5.82 Å². The van der Waals surface area contributed by atoms with E-state index in [2.05, 4.69) is 24.1 Å². The fourth-order valence-corrected chi connectivity index (χ4v) is 2.71. The summed E-state index contributed by atoms with van der Waals surface area (Å²) in [4.78, 5) is 14.7. The van der Waals surface area contributed by atoms with Crippen molar-refractivity contribution < 1.29 is 9.18 Å². The molecule has 2 rings (SSSR count). The molecule has 1 unspecified atom stereocenters. The van der Waals surface area contributed by atoms with Crippen molar-refractivity contribution in [1.29, 1.82) is 0 Å². The number of likely N-dealkylation sites (N-methyl/N-ethyl adjacent to an activating group) is 1. The third kappa shape index (κ3) is 3.94. The molecule has 0 saturated heterocycles. The molecule has 3 nitrogen and oxygen atoms in total. The molecule has 1 N–H and O–H groups in total. The fourth-order valence-electron chi connectivity index (χ4n) is 2.45. The normalized spacial score (nSPS) is 13.0. The Morgan fingerprint density at radius 1 is 1.17 bits per heavy atom. The van der Waals surface area contributed by atoms with Gasteiger partial charge in [-0.2, -0.15) is 0 Å². The molecule has 128 valence electrons. The van der Waals surface area contributed by atoms with Crippen LogP contribution in [0.3, 0.4) is 0 Å². The average molecular weight is 349 g/mol. The Morgan fingerprint density at radius 2 is 1.79 bits per heavy atom. The third-order valence-electron chi connectivity index (χ3n) is 4.44. The second-order valence-electron chi connectivity index (χ2n) is 6.49. The van der Waals surface area contributed by atoms with Gasteiger partial charge in [-0.15, -0.1) is 0 Å². The first-order valence-corrected chi connectivity index (χ1v) is 8.09. The fraction of sp³-hybridized carbons (Fsp3) is 0.316. The number of carbonyl (C=O) groups excluding carboxylic acids is 1. The molecule has 2 aromatic rings. The predicted molar refractivity (Wildman–Crippen MR) is 95.8 cm³/mol. The van der Waals surface area contributed by atoms with E-state index in [0.717, 1.165) is 11.6 Å². The zero-order valence-electron chi connectivity index (χ0n) is 14.3. The molecule has 24 heavy (non-hydrogen) atoms. The minimum absolute atomic E-state index is 0.0990. The van der Waals surface area contributed by atoms with E-state index < -0.39 is 5.82 Å². The Bertz CT molecular complexity index is 717. The first-order valence-electron chi connectivity index (χ1n) is 7.71. The Balaban J connectivity index is 2.37. The van der Waals surface area contributed by atoms with Crippen LogP contribution in [0.1, 0.15) is 35.8 Å². The molecule has 5 heteroatoms. The van der Waals surface area contributed by atoms with Gasteiger partial charge in [-0.1, -0.05) is 41.9 Å². The molecule has 0 heterocycles. The van der Waals surface area contributed by atoms with E-state index in [9.17, 15) is 9.18 Å². The lowest BCUT2D eigenvalue weighted by Gasteiger charge is -2.40. The quantitative estimate of drug-likeness (QED) is 0.874. The molecular formula is C19H22ClFN2O. The van der Waals surface area contributed by atoms with Crippen LogP contribution in [0.15, 0.2) is 48.5 Å². The van der Waals surface area contributed by atoms with Crippen LogP contribution in [-0.4, -0.2) is 30.4 Å². The van der Waals surface area contributed by atoms with Crippen molar-refractivity contribution >= 4 is 17.5 Å². The van der Waals surface area contributed by atoms with E-state index in [4.69, 9.17) is 11.6 Å². The van der Waals surface area contributed by atoms with E-state index in [0.29, 0.717) is 0 Å². The second-order valence-corrected chi connectivity index (χ2v) is 6.90. The summed E-state index contributed by atoms with van der Waals surface area (Å²) in [7, 11) is 3.93. The zero-order valence-corrected chi connectivity index (χ0v) is 15.1. The van der Waals surface area contributed by atoms with E-state index in [1.54, 1.807) is 0 Å². The maximum Gasteiger partial charge on any atom is 0.253 e. The van der Waals surface area contributed by atoms with Crippen molar-refractivity contribution in [2.24, 2.45) is 0 Å². The number of halogens is 2. The van der Waals surface area contributed by atoms with Crippen molar-refractivity contribution in [3.63, 3.8) is 0 Å². The number of nitrogens with one attached hydrogen (secondary N) is 1. The van der Waals surface area contributed by atoms with Crippen molar-refractivity contribution in [3.8, 4) is 0 Å². The molecule has 0 bridgehead atoms. The number of nitrogens with zero attached hydrogens (tertiary/aromatic N) is 1. The van der Waals surface area contributed by atoms with Crippen LogP contribution in [0.25, 0.3) is 0 Å². The largest absolute Gasteiger partial charge is 0.343 e. The summed E-state index contributed by atoms with van der Waals surface area (Å²) >= 11 is 6.02. The average Bonchev–Trinajstić information content (AvgIpc) is 2.52. The number of benzene rings is 2. The van der Waals surface area contributed by atoms with Gasteiger partial charge in [0.2, 0.25) is 0 Å². The highest BCUT2D eigenvalue weighted by atomic mass is 35.5. The van der Waals surface area contributed by atoms with Crippen LogP contribution in [0.5, 0.6) is 0 Å². The van der Waals surface area contributed by atoms with Crippen LogP contribution < -0.4 is 5.32 Å². The lowest BCUT2D eigenvalue weighted by Crippen LogP contribution is -2.50. The Labute approximate surface area is 147 Å². The third-order valence-corrected chi connectivity index (χ3v) is 4.76. The van der Waals surface area contributed by atoms with E-state index in [1.165, 1.54) is 12.1 Å². The number of hydrogen-bond acceptors (Lipinski definition) is 2. The highest BCUT2D eigenvalue weighted by Crippen LogP contribution is 2.30. The summed E-state index contributed by atoms with van der Waals surface area (Å²) in [5.74, 6) is -0.798. The van der Waals surface area contributed by atoms with Gasteiger partial charge < -0.3 is 10.2 Å². The molecule has 0 aliphatic heterocycles. The Kier molecular flexibility index (Phi) is 5.62. The highest BCUT2D eigenvalue weighted by molar-refractivity contribution is 6.33. The van der Waals surface area contributed by atoms with Crippen molar-refractivity contribution in [1.82, 2.24) is 10.2 Å². The number of hydrogen-bond donors (Lipinski definition) is 1. The van der Waals surface area contributed by atoms with Gasteiger partial charge in [-0.3, -0.25) is 4.79 Å². The molecule has 0 saturated carbocycles. The summed E-state index contributed by atoms with van der Waals surface area (Å²) < 4.78 is 13.2. The van der Waals surface area contributed by atoms with Crippen molar-refractivity contribution in [2.45, 2.75) is 25.4 Å². The molecule has 0 aliphatic rings. The number of amides is 1. The molecule has 0 spiro atoms. The van der Waals surface area contributed by atoms with Gasteiger partial charge in [-0.25, -0.2) is 4.39 Å². The van der Waals surface area contributed by atoms with E-state index in [-0.39, 0.29) is 28.1 Å². The Morgan fingerprint density at radius 3 is 2.33 bits per heavy atom. The topological polar surface area (TPSA) is 32.3 Å². The zero-order chi connectivity index (χ0) is 17.9. The van der Waals surface area contributed by atoms with Gasteiger partial charge >= 0.3 is 0 Å². The predicted octanol–water partition coefficient (Wildman–Crippen LogP) is 4.29. The SMILES string of the molecule is CN(C)C(C)(C)C(NC(=O)c1ccc(F)cc1Cl)c1ccccc1. The van der Waals surface area contributed by atoms with Gasteiger partial charge in [0.05, 0.1) is 16.6 Å². The molecule has 0 radical (unpaired) electrons. The minimum atomic E-state index is -0.468. The maximum atomic E-state index is 13.2. The van der Waals surface area contributed by atoms with Crippen molar-refractivity contribution in [3.05, 3.63) is 70.5 Å². The van der Waals surface area contributed by atoms with Gasteiger partial charge in [0.25, 0.3) is 5.91 Å². The molecular weight excluding hydrogens is 327 g/mol. The maximum absolute atomic E-state index is 13.2. The smallest absolute Gasteiger partial charge is 0.253 e. The summed E-state index contributed by atoms with van der Waals surface area (Å²) in [5.41, 5.74) is 0.903. The number of rotatable bonds is 5. The van der Waals surface area contributed by atoms with Crippen LogP contribution >= 0.6 is 11.6 Å². The molecule has 0 aliphatic carbocycles. The summed E-state index contributed by atoms with van der Waals surface area (Å²) in [5, 5.41) is 3.14. The van der Waals surface area contributed by atoms with E-state index in [1.807, 2.05) is 44.4 Å². The van der Waals surface area contributed by atoms with Crippen LogP contribution in [0.4, 0.5) is 4.39 Å². The molecule has 1 atom stereocenters. The minimum Gasteiger partial charge on any atom is -0.343 e. The summed E-state index contributed by atoms with van der Waals surface area (Å²) in [6.07, 6.45) is 0. The summed E-state index contributed by atoms with van der Waals surface area (Å²) in [6, 6.07) is 13.3. The monoisotopic (exact) mass is 348 g/mol. The summed E-state index contributed by atoms with van der Waals surface area (Å²) in [6.45, 7) is 4.11. The standard InChI is InChI=1S/C19H22ClFN2O/c1-19(2,23(3)4)17(13-8-6-5-7-9-13)22-18(24)15-11-10-14(21)12-16(15)20/h5-12,17H,1-4H3,(H,22,24). The number of carbonyl (C=O) groups is 1. The van der Waals surface area contributed by atoms with Crippen LogP contribution in [0, 0.1) is 5.82 Å². The molecule has 2 aromatic carbocycles. The van der Waals surface area contributed by atoms with Crippen LogP contribution in [0.2, 0.25) is 5.02 Å². The first kappa shape index (κ1) is 18.4.